The third kappa shape index (κ3) is 4.21. The molecular formula is C15H29N2O+. The van der Waals surface area contributed by atoms with E-state index >= 15 is 0 Å². The molecule has 0 fully saturated rings. The number of nitrogens with zero attached hydrogens (tertiary/aromatic N) is 2. The Morgan fingerprint density at radius 1 is 1.39 bits per heavy atom. The number of aliphatic imine (C=N–C) groups is 1. The fourth-order valence-electron chi connectivity index (χ4n) is 2.85. The topological polar surface area (TPSA) is 32.6 Å². The Morgan fingerprint density at radius 3 is 2.83 bits per heavy atom. The summed E-state index contributed by atoms with van der Waals surface area (Å²) in [5.41, 5.74) is 0. The summed E-state index contributed by atoms with van der Waals surface area (Å²) >= 11 is 0. The lowest BCUT2D eigenvalue weighted by Gasteiger charge is -2.37. The van der Waals surface area contributed by atoms with E-state index in [9.17, 15) is 5.11 Å². The van der Waals surface area contributed by atoms with Crippen molar-refractivity contribution in [3.8, 4) is 0 Å². The highest BCUT2D eigenvalue weighted by Gasteiger charge is 2.36. The Balaban J connectivity index is 2.26. The number of aliphatic hydroxyl groups is 1. The first-order chi connectivity index (χ1) is 8.79. The minimum Gasteiger partial charge on any atom is -0.391 e. The second kappa shape index (κ2) is 8.44. The first-order valence-corrected chi connectivity index (χ1v) is 7.38. The monoisotopic (exact) mass is 253 g/mol. The van der Waals surface area contributed by atoms with Crippen molar-refractivity contribution < 1.29 is 9.59 Å². The second-order valence-corrected chi connectivity index (χ2v) is 5.26. The molecule has 1 N–H and O–H groups in total. The van der Waals surface area contributed by atoms with Gasteiger partial charge in [0.25, 0.3) is 0 Å². The van der Waals surface area contributed by atoms with Crippen LogP contribution in [0.15, 0.2) is 17.6 Å². The summed E-state index contributed by atoms with van der Waals surface area (Å²) in [5.74, 6) is 0. The van der Waals surface area contributed by atoms with Gasteiger partial charge >= 0.3 is 0 Å². The first-order valence-electron chi connectivity index (χ1n) is 7.38. The van der Waals surface area contributed by atoms with Crippen molar-refractivity contribution in [1.82, 2.24) is 0 Å². The van der Waals surface area contributed by atoms with Gasteiger partial charge in [-0.1, -0.05) is 18.9 Å². The molecule has 104 valence electrons. The predicted octanol–water partition coefficient (Wildman–Crippen LogP) is 2.75. The van der Waals surface area contributed by atoms with Crippen LogP contribution in [0.25, 0.3) is 0 Å². The van der Waals surface area contributed by atoms with Gasteiger partial charge < -0.3 is 5.11 Å². The van der Waals surface area contributed by atoms with Crippen LogP contribution >= 0.6 is 0 Å². The smallest absolute Gasteiger partial charge is 0.182 e. The Kier molecular flexibility index (Phi) is 7.21. The van der Waals surface area contributed by atoms with Crippen molar-refractivity contribution in [2.75, 3.05) is 26.2 Å². The van der Waals surface area contributed by atoms with Gasteiger partial charge in [0, 0.05) is 6.42 Å². The molecule has 2 atom stereocenters. The summed E-state index contributed by atoms with van der Waals surface area (Å²) in [6.45, 7) is 9.14. The van der Waals surface area contributed by atoms with E-state index in [1.807, 2.05) is 6.08 Å². The molecule has 0 bridgehead atoms. The third-order valence-electron chi connectivity index (χ3n) is 4.15. The van der Waals surface area contributed by atoms with Gasteiger partial charge in [-0.05, 0) is 26.2 Å². The van der Waals surface area contributed by atoms with Gasteiger partial charge in [-0.25, -0.2) is 4.99 Å². The zero-order valence-electron chi connectivity index (χ0n) is 11.9. The standard InChI is InChI=1S/C15H29N2O/c1-3-5-6-7-8-9-10-15-16-11-12-17(15,4-2)13-14-18/h3,11,15,18H,1,4-10,12-14H2,2H3/q+1. The van der Waals surface area contributed by atoms with Gasteiger partial charge in [0.1, 0.15) is 13.1 Å². The van der Waals surface area contributed by atoms with Gasteiger partial charge in [-0.2, -0.15) is 0 Å². The van der Waals surface area contributed by atoms with Crippen LogP contribution in [-0.2, 0) is 0 Å². The van der Waals surface area contributed by atoms with Crippen LogP contribution in [0.4, 0.5) is 0 Å². The highest BCUT2D eigenvalue weighted by Crippen LogP contribution is 2.23. The van der Waals surface area contributed by atoms with Crippen LogP contribution in [0.3, 0.4) is 0 Å². The predicted molar refractivity (Wildman–Crippen MR) is 77.8 cm³/mol. The molecular weight excluding hydrogens is 224 g/mol. The molecule has 3 heteroatoms. The highest BCUT2D eigenvalue weighted by molar-refractivity contribution is 5.60. The number of quaternary nitrogens is 1. The molecule has 0 aromatic heterocycles. The van der Waals surface area contributed by atoms with Crippen LogP contribution in [0.1, 0.15) is 45.4 Å². The van der Waals surface area contributed by atoms with E-state index in [-0.39, 0.29) is 6.61 Å². The van der Waals surface area contributed by atoms with Crippen molar-refractivity contribution in [3.05, 3.63) is 12.7 Å². The lowest BCUT2D eigenvalue weighted by Crippen LogP contribution is -2.53. The normalized spacial score (nSPS) is 26.7. The molecule has 1 aliphatic heterocycles. The molecule has 1 heterocycles. The van der Waals surface area contributed by atoms with E-state index in [4.69, 9.17) is 0 Å². The maximum Gasteiger partial charge on any atom is 0.182 e. The molecule has 0 amide bonds. The summed E-state index contributed by atoms with van der Waals surface area (Å²) in [7, 11) is 0. The number of allylic oxidation sites excluding steroid dienone is 1. The van der Waals surface area contributed by atoms with Crippen LogP contribution in [0.2, 0.25) is 0 Å². The molecule has 1 aliphatic rings. The average molecular weight is 253 g/mol. The summed E-state index contributed by atoms with van der Waals surface area (Å²) in [4.78, 5) is 4.63. The zero-order chi connectivity index (χ0) is 13.3. The summed E-state index contributed by atoms with van der Waals surface area (Å²) in [5, 5.41) is 9.23. The second-order valence-electron chi connectivity index (χ2n) is 5.26. The van der Waals surface area contributed by atoms with Crippen LogP contribution in [0.5, 0.6) is 0 Å². The summed E-state index contributed by atoms with van der Waals surface area (Å²) in [6, 6.07) is 0. The van der Waals surface area contributed by atoms with Gasteiger partial charge in [0.2, 0.25) is 0 Å². The molecule has 0 saturated heterocycles. The molecule has 0 radical (unpaired) electrons. The maximum absolute atomic E-state index is 9.23. The fourth-order valence-corrected chi connectivity index (χ4v) is 2.85. The SMILES string of the molecule is C=CCCCCCCC1N=CC[N+]1(CC)CCO. The van der Waals surface area contributed by atoms with Gasteiger partial charge in [0.15, 0.2) is 6.17 Å². The minimum atomic E-state index is 0.271. The lowest BCUT2D eigenvalue weighted by molar-refractivity contribution is -0.936. The minimum absolute atomic E-state index is 0.271. The van der Waals surface area contributed by atoms with Crippen LogP contribution < -0.4 is 0 Å². The van der Waals surface area contributed by atoms with E-state index in [1.165, 1.54) is 32.1 Å². The average Bonchev–Trinajstić information content (AvgIpc) is 2.78. The Morgan fingerprint density at radius 2 is 2.17 bits per heavy atom. The Bertz CT molecular complexity index is 265. The van der Waals surface area contributed by atoms with E-state index in [2.05, 4.69) is 24.7 Å². The summed E-state index contributed by atoms with van der Waals surface area (Å²) in [6.07, 6.45) is 11.9. The number of rotatable bonds is 10. The number of hydrogen-bond donors (Lipinski definition) is 1. The molecule has 0 aromatic carbocycles. The highest BCUT2D eigenvalue weighted by atomic mass is 16.3. The number of unbranched alkanes of at least 4 members (excludes halogenated alkanes) is 4. The third-order valence-corrected chi connectivity index (χ3v) is 4.15. The Hall–Kier alpha value is -0.670. The van der Waals surface area contributed by atoms with E-state index in [0.29, 0.717) is 6.17 Å². The van der Waals surface area contributed by atoms with Crippen molar-refractivity contribution in [1.29, 1.82) is 0 Å². The van der Waals surface area contributed by atoms with E-state index in [0.717, 1.165) is 30.5 Å². The molecule has 0 saturated carbocycles. The van der Waals surface area contributed by atoms with Crippen LogP contribution in [-0.4, -0.2) is 48.2 Å². The zero-order valence-corrected chi connectivity index (χ0v) is 11.9. The van der Waals surface area contributed by atoms with Gasteiger partial charge in [0.05, 0.1) is 19.4 Å². The lowest BCUT2D eigenvalue weighted by atomic mass is 10.1. The number of likely N-dealkylation sites (N-methyl/N-ethyl adjacent to an activating group) is 1. The van der Waals surface area contributed by atoms with Crippen LogP contribution in [0, 0.1) is 0 Å². The first kappa shape index (κ1) is 15.4. The van der Waals surface area contributed by atoms with E-state index < -0.39 is 0 Å². The molecule has 1 rings (SSSR count). The number of aliphatic hydroxyl groups excluding tert-OH is 1. The quantitative estimate of drug-likeness (QED) is 0.362. The van der Waals surface area contributed by atoms with Crippen molar-refractivity contribution in [2.24, 2.45) is 4.99 Å². The van der Waals surface area contributed by atoms with Gasteiger partial charge in [-0.3, -0.25) is 4.48 Å². The van der Waals surface area contributed by atoms with Crippen molar-refractivity contribution >= 4 is 6.21 Å². The molecule has 18 heavy (non-hydrogen) atoms. The molecule has 0 aliphatic carbocycles. The van der Waals surface area contributed by atoms with Gasteiger partial charge in [-0.15, -0.1) is 6.58 Å². The largest absolute Gasteiger partial charge is 0.391 e. The molecule has 3 nitrogen and oxygen atoms in total. The fraction of sp³-hybridized carbons (Fsp3) is 0.800. The van der Waals surface area contributed by atoms with E-state index in [1.54, 1.807) is 0 Å². The maximum atomic E-state index is 9.23. The number of hydrogen-bond acceptors (Lipinski definition) is 2. The van der Waals surface area contributed by atoms with Crippen molar-refractivity contribution in [2.45, 2.75) is 51.6 Å². The molecule has 2 unspecified atom stereocenters. The molecule has 0 aromatic rings. The summed E-state index contributed by atoms with van der Waals surface area (Å²) < 4.78 is 0.961. The van der Waals surface area contributed by atoms with Crippen molar-refractivity contribution in [3.63, 3.8) is 0 Å². The Labute approximate surface area is 112 Å². The molecule has 0 spiro atoms.